The van der Waals surface area contributed by atoms with E-state index in [0.29, 0.717) is 17.8 Å². The number of aryl methyl sites for hydroxylation is 1. The van der Waals surface area contributed by atoms with Gasteiger partial charge in [-0.2, -0.15) is 18.3 Å². The van der Waals surface area contributed by atoms with Gasteiger partial charge in [0.2, 0.25) is 5.91 Å². The SMILES string of the molecule is O=C(CCCn1nc(-c2ccncc2)ccc1=O)Nc1ccc(F)c(C(F)(F)F)c1. The maximum Gasteiger partial charge on any atom is 0.419 e. The van der Waals surface area contributed by atoms with Crippen molar-refractivity contribution in [2.75, 3.05) is 5.32 Å². The molecule has 2 aromatic heterocycles. The van der Waals surface area contributed by atoms with E-state index in [1.54, 1.807) is 30.6 Å². The molecule has 2 heterocycles. The number of carbonyl (C=O) groups is 1. The zero-order valence-corrected chi connectivity index (χ0v) is 15.5. The molecular formula is C20H16F4N4O2. The Hall–Kier alpha value is -3.56. The number of rotatable bonds is 6. The molecule has 0 aliphatic rings. The summed E-state index contributed by atoms with van der Waals surface area (Å²) in [4.78, 5) is 27.9. The minimum Gasteiger partial charge on any atom is -0.326 e. The van der Waals surface area contributed by atoms with Crippen molar-refractivity contribution >= 4 is 11.6 Å². The number of anilines is 1. The number of alkyl halides is 3. The van der Waals surface area contributed by atoms with E-state index in [1.807, 2.05) is 0 Å². The Labute approximate surface area is 168 Å². The van der Waals surface area contributed by atoms with Crippen molar-refractivity contribution in [2.24, 2.45) is 0 Å². The third-order valence-electron chi connectivity index (χ3n) is 4.17. The first kappa shape index (κ1) is 21.2. The van der Waals surface area contributed by atoms with Crippen molar-refractivity contribution < 1.29 is 22.4 Å². The van der Waals surface area contributed by atoms with E-state index in [4.69, 9.17) is 0 Å². The van der Waals surface area contributed by atoms with Crippen molar-refractivity contribution in [3.05, 3.63) is 76.6 Å². The highest BCUT2D eigenvalue weighted by atomic mass is 19.4. The molecule has 0 fully saturated rings. The molecule has 0 saturated carbocycles. The van der Waals surface area contributed by atoms with Crippen molar-refractivity contribution in [3.63, 3.8) is 0 Å². The van der Waals surface area contributed by atoms with Crippen LogP contribution in [0.15, 0.2) is 59.7 Å². The second-order valence-electron chi connectivity index (χ2n) is 6.36. The second kappa shape index (κ2) is 8.85. The maximum absolute atomic E-state index is 13.3. The Kier molecular flexibility index (Phi) is 6.24. The van der Waals surface area contributed by atoms with Crippen molar-refractivity contribution in [1.29, 1.82) is 0 Å². The van der Waals surface area contributed by atoms with Gasteiger partial charge in [-0.1, -0.05) is 0 Å². The van der Waals surface area contributed by atoms with Crippen molar-refractivity contribution in [2.45, 2.75) is 25.6 Å². The maximum atomic E-state index is 13.3. The third-order valence-corrected chi connectivity index (χ3v) is 4.17. The van der Waals surface area contributed by atoms with Gasteiger partial charge in [-0.05, 0) is 42.8 Å². The summed E-state index contributed by atoms with van der Waals surface area (Å²) in [6.45, 7) is 0.141. The molecule has 0 aliphatic heterocycles. The molecule has 0 aliphatic carbocycles. The zero-order valence-electron chi connectivity index (χ0n) is 15.5. The number of hydrogen-bond acceptors (Lipinski definition) is 4. The quantitative estimate of drug-likeness (QED) is 0.614. The predicted molar refractivity (Wildman–Crippen MR) is 101 cm³/mol. The van der Waals surface area contributed by atoms with Crippen LogP contribution < -0.4 is 10.9 Å². The molecule has 1 aromatic carbocycles. The van der Waals surface area contributed by atoms with Gasteiger partial charge in [0.05, 0.1) is 11.3 Å². The summed E-state index contributed by atoms with van der Waals surface area (Å²) in [6, 6.07) is 8.65. The normalized spacial score (nSPS) is 11.3. The predicted octanol–water partition coefficient (Wildman–Crippen LogP) is 3.88. The van der Waals surface area contributed by atoms with Gasteiger partial charge in [0.1, 0.15) is 5.82 Å². The molecule has 6 nitrogen and oxygen atoms in total. The van der Waals surface area contributed by atoms with Crippen LogP contribution in [-0.4, -0.2) is 20.7 Å². The molecule has 0 radical (unpaired) electrons. The first-order valence-electron chi connectivity index (χ1n) is 8.89. The number of benzene rings is 1. The summed E-state index contributed by atoms with van der Waals surface area (Å²) in [6.07, 6.45) is -1.51. The van der Waals surface area contributed by atoms with Crippen LogP contribution in [-0.2, 0) is 17.5 Å². The highest BCUT2D eigenvalue weighted by molar-refractivity contribution is 5.90. The number of halogens is 4. The summed E-state index contributed by atoms with van der Waals surface area (Å²) >= 11 is 0. The highest BCUT2D eigenvalue weighted by Crippen LogP contribution is 2.33. The fourth-order valence-electron chi connectivity index (χ4n) is 2.72. The fourth-order valence-corrected chi connectivity index (χ4v) is 2.72. The number of nitrogens with one attached hydrogen (secondary N) is 1. The molecule has 0 spiro atoms. The highest BCUT2D eigenvalue weighted by Gasteiger charge is 2.34. The number of carbonyl (C=O) groups excluding carboxylic acids is 1. The first-order chi connectivity index (χ1) is 14.2. The van der Waals surface area contributed by atoms with Crippen molar-refractivity contribution in [3.8, 4) is 11.3 Å². The number of hydrogen-bond donors (Lipinski definition) is 1. The molecule has 1 amide bonds. The van der Waals surface area contributed by atoms with Gasteiger partial charge in [-0.3, -0.25) is 14.6 Å². The molecule has 0 unspecified atom stereocenters. The molecule has 3 rings (SSSR count). The molecule has 156 valence electrons. The summed E-state index contributed by atoms with van der Waals surface area (Å²) in [5.74, 6) is -1.98. The standard InChI is InChI=1S/C20H16F4N4O2/c21-16-4-3-14(12-15(16)20(22,23)24)26-18(29)2-1-11-28-19(30)6-5-17(27-28)13-7-9-25-10-8-13/h3-10,12H,1-2,11H2,(H,26,29). The van der Waals surface area contributed by atoms with Crippen LogP contribution in [0.3, 0.4) is 0 Å². The molecule has 1 N–H and O–H groups in total. The van der Waals surface area contributed by atoms with Gasteiger partial charge < -0.3 is 5.32 Å². The van der Waals surface area contributed by atoms with Crippen LogP contribution in [0.2, 0.25) is 0 Å². The lowest BCUT2D eigenvalue weighted by atomic mass is 10.1. The van der Waals surface area contributed by atoms with Crippen LogP contribution >= 0.6 is 0 Å². The average molecular weight is 420 g/mol. The largest absolute Gasteiger partial charge is 0.419 e. The monoisotopic (exact) mass is 420 g/mol. The van der Waals surface area contributed by atoms with Crippen LogP contribution in [0.25, 0.3) is 11.3 Å². The van der Waals surface area contributed by atoms with Crippen LogP contribution in [0.5, 0.6) is 0 Å². The Morgan fingerprint density at radius 3 is 2.50 bits per heavy atom. The minimum absolute atomic E-state index is 0.0632. The summed E-state index contributed by atoms with van der Waals surface area (Å²) in [5.41, 5.74) is -0.630. The van der Waals surface area contributed by atoms with E-state index >= 15 is 0 Å². The van der Waals surface area contributed by atoms with Gasteiger partial charge in [0, 0.05) is 42.7 Å². The molecule has 30 heavy (non-hydrogen) atoms. The van der Waals surface area contributed by atoms with Gasteiger partial charge in [0.15, 0.2) is 0 Å². The zero-order chi connectivity index (χ0) is 21.7. The number of aromatic nitrogens is 3. The molecule has 0 bridgehead atoms. The lowest BCUT2D eigenvalue weighted by Gasteiger charge is -2.11. The Balaban J connectivity index is 1.61. The summed E-state index contributed by atoms with van der Waals surface area (Å²) in [5, 5.41) is 6.55. The Morgan fingerprint density at radius 2 is 1.80 bits per heavy atom. The molecule has 10 heteroatoms. The Bertz CT molecular complexity index is 1100. The number of amides is 1. The minimum atomic E-state index is -4.86. The fraction of sp³-hybridized carbons (Fsp3) is 0.200. The smallest absolute Gasteiger partial charge is 0.326 e. The van der Waals surface area contributed by atoms with Gasteiger partial charge in [-0.15, -0.1) is 0 Å². The molecular weight excluding hydrogens is 404 g/mol. The molecule has 0 saturated heterocycles. The average Bonchev–Trinajstić information content (AvgIpc) is 2.70. The third kappa shape index (κ3) is 5.28. The first-order valence-corrected chi connectivity index (χ1v) is 8.89. The lowest BCUT2D eigenvalue weighted by molar-refractivity contribution is -0.140. The number of pyridine rings is 1. The van der Waals surface area contributed by atoms with E-state index in [1.165, 1.54) is 10.7 Å². The van der Waals surface area contributed by atoms with E-state index in [0.717, 1.165) is 11.6 Å². The lowest BCUT2D eigenvalue weighted by Crippen LogP contribution is -2.23. The van der Waals surface area contributed by atoms with E-state index < -0.39 is 23.5 Å². The number of nitrogens with zero attached hydrogens (tertiary/aromatic N) is 3. The molecule has 3 aromatic rings. The van der Waals surface area contributed by atoms with Crippen LogP contribution in [0.1, 0.15) is 18.4 Å². The summed E-state index contributed by atoms with van der Waals surface area (Å²) < 4.78 is 52.8. The van der Waals surface area contributed by atoms with Gasteiger partial charge in [0.25, 0.3) is 5.56 Å². The molecule has 0 atom stereocenters. The van der Waals surface area contributed by atoms with Gasteiger partial charge >= 0.3 is 6.18 Å². The van der Waals surface area contributed by atoms with E-state index in [2.05, 4.69) is 15.4 Å². The van der Waals surface area contributed by atoms with E-state index in [9.17, 15) is 27.2 Å². The van der Waals surface area contributed by atoms with E-state index in [-0.39, 0.29) is 30.6 Å². The second-order valence-corrected chi connectivity index (χ2v) is 6.36. The topological polar surface area (TPSA) is 76.9 Å². The van der Waals surface area contributed by atoms with Crippen molar-refractivity contribution in [1.82, 2.24) is 14.8 Å². The van der Waals surface area contributed by atoms with Crippen LogP contribution in [0, 0.1) is 5.82 Å². The summed E-state index contributed by atoms with van der Waals surface area (Å²) in [7, 11) is 0. The van der Waals surface area contributed by atoms with Crippen LogP contribution in [0.4, 0.5) is 23.2 Å². The van der Waals surface area contributed by atoms with Gasteiger partial charge in [-0.25, -0.2) is 9.07 Å². The Morgan fingerprint density at radius 1 is 1.07 bits per heavy atom.